The SMILES string of the molecule is CCOc1ccc([C@@H]2[C@]3(C#N)C(N)=NC(OC)(OC)[C@]23C#N)cc1OC. The molecule has 0 radical (unpaired) electrons. The molecule has 136 valence electrons. The van der Waals surface area contributed by atoms with Gasteiger partial charge in [0, 0.05) is 20.1 Å². The summed E-state index contributed by atoms with van der Waals surface area (Å²) in [4.78, 5) is 4.19. The van der Waals surface area contributed by atoms with Crippen LogP contribution in [0, 0.1) is 33.5 Å². The quantitative estimate of drug-likeness (QED) is 0.767. The van der Waals surface area contributed by atoms with Crippen LogP contribution in [0.15, 0.2) is 23.2 Å². The summed E-state index contributed by atoms with van der Waals surface area (Å²) >= 11 is 0. The molecule has 0 saturated heterocycles. The third kappa shape index (κ3) is 1.75. The summed E-state index contributed by atoms with van der Waals surface area (Å²) in [5, 5.41) is 20.0. The number of rotatable bonds is 6. The third-order valence-corrected chi connectivity index (χ3v) is 5.30. The third-order valence-electron chi connectivity index (χ3n) is 5.30. The van der Waals surface area contributed by atoms with Crippen molar-refractivity contribution < 1.29 is 18.9 Å². The summed E-state index contributed by atoms with van der Waals surface area (Å²) in [6, 6.07) is 9.69. The molecule has 2 N–H and O–H groups in total. The fourth-order valence-corrected chi connectivity index (χ4v) is 4.16. The number of ether oxygens (including phenoxy) is 4. The number of benzene rings is 1. The topological polar surface area (TPSA) is 123 Å². The monoisotopic (exact) mass is 356 g/mol. The van der Waals surface area contributed by atoms with Crippen LogP contribution in [-0.4, -0.2) is 39.7 Å². The van der Waals surface area contributed by atoms with Gasteiger partial charge >= 0.3 is 0 Å². The zero-order valence-electron chi connectivity index (χ0n) is 15.1. The second-order valence-electron chi connectivity index (χ2n) is 6.10. The molecular weight excluding hydrogens is 336 g/mol. The lowest BCUT2D eigenvalue weighted by atomic mass is 9.93. The minimum atomic E-state index is -1.64. The predicted octanol–water partition coefficient (Wildman–Crippen LogP) is 1.53. The van der Waals surface area contributed by atoms with Gasteiger partial charge in [0.15, 0.2) is 16.9 Å². The summed E-state index contributed by atoms with van der Waals surface area (Å²) in [6.45, 7) is 2.36. The van der Waals surface area contributed by atoms with Crippen molar-refractivity contribution in [2.24, 2.45) is 21.6 Å². The first kappa shape index (κ1) is 18.0. The van der Waals surface area contributed by atoms with Gasteiger partial charge < -0.3 is 24.7 Å². The van der Waals surface area contributed by atoms with Crippen molar-refractivity contribution in [3.05, 3.63) is 23.8 Å². The first-order valence-electron chi connectivity index (χ1n) is 8.07. The van der Waals surface area contributed by atoms with Crippen molar-refractivity contribution in [3.8, 4) is 23.6 Å². The maximum absolute atomic E-state index is 10.0. The summed E-state index contributed by atoms with van der Waals surface area (Å²) in [6.07, 6.45) is 0. The molecule has 1 saturated carbocycles. The van der Waals surface area contributed by atoms with Crippen LogP contribution in [0.1, 0.15) is 18.4 Å². The zero-order chi connectivity index (χ0) is 19.2. The van der Waals surface area contributed by atoms with E-state index in [9.17, 15) is 10.5 Å². The van der Waals surface area contributed by atoms with Crippen LogP contribution in [0.25, 0.3) is 0 Å². The maximum Gasteiger partial charge on any atom is 0.292 e. The van der Waals surface area contributed by atoms with Gasteiger partial charge in [-0.2, -0.15) is 10.5 Å². The lowest BCUT2D eigenvalue weighted by Gasteiger charge is -2.29. The molecule has 0 aromatic heterocycles. The maximum atomic E-state index is 10.0. The number of methoxy groups -OCH3 is 3. The molecule has 2 aliphatic rings. The van der Waals surface area contributed by atoms with Crippen LogP contribution >= 0.6 is 0 Å². The van der Waals surface area contributed by atoms with Crippen LogP contribution in [0.3, 0.4) is 0 Å². The van der Waals surface area contributed by atoms with E-state index in [2.05, 4.69) is 17.1 Å². The van der Waals surface area contributed by atoms with Crippen LogP contribution in [0.2, 0.25) is 0 Å². The van der Waals surface area contributed by atoms with Gasteiger partial charge in [-0.3, -0.25) is 0 Å². The zero-order valence-corrected chi connectivity index (χ0v) is 15.1. The van der Waals surface area contributed by atoms with Crippen molar-refractivity contribution in [2.75, 3.05) is 27.9 Å². The molecule has 8 nitrogen and oxygen atoms in total. The van der Waals surface area contributed by atoms with E-state index in [0.29, 0.717) is 23.7 Å². The average Bonchev–Trinajstić information content (AvgIpc) is 3.24. The van der Waals surface area contributed by atoms with E-state index >= 15 is 0 Å². The average molecular weight is 356 g/mol. The minimum Gasteiger partial charge on any atom is -0.493 e. The molecule has 1 aliphatic carbocycles. The number of nitrogens with zero attached hydrogens (tertiary/aromatic N) is 3. The highest BCUT2D eigenvalue weighted by atomic mass is 16.7. The molecule has 1 aromatic rings. The van der Waals surface area contributed by atoms with Crippen LogP contribution in [0.4, 0.5) is 0 Å². The molecule has 0 unspecified atom stereocenters. The fourth-order valence-electron chi connectivity index (χ4n) is 4.16. The van der Waals surface area contributed by atoms with Crippen molar-refractivity contribution in [3.63, 3.8) is 0 Å². The first-order valence-corrected chi connectivity index (χ1v) is 8.07. The van der Waals surface area contributed by atoms with Gasteiger partial charge in [0.1, 0.15) is 11.3 Å². The van der Waals surface area contributed by atoms with Gasteiger partial charge in [-0.05, 0) is 24.6 Å². The molecule has 1 heterocycles. The van der Waals surface area contributed by atoms with Crippen LogP contribution in [0.5, 0.6) is 11.5 Å². The molecule has 8 heteroatoms. The van der Waals surface area contributed by atoms with Crippen molar-refractivity contribution >= 4 is 5.84 Å². The molecule has 0 amide bonds. The predicted molar refractivity (Wildman–Crippen MR) is 91.4 cm³/mol. The Morgan fingerprint density at radius 2 is 1.85 bits per heavy atom. The number of fused-ring (bicyclic) bond motifs is 1. The van der Waals surface area contributed by atoms with Crippen LogP contribution in [-0.2, 0) is 9.47 Å². The highest BCUT2D eigenvalue weighted by Gasteiger charge is 2.93. The molecule has 26 heavy (non-hydrogen) atoms. The van der Waals surface area contributed by atoms with E-state index < -0.39 is 22.7 Å². The van der Waals surface area contributed by atoms with Gasteiger partial charge in [0.05, 0.1) is 25.9 Å². The van der Waals surface area contributed by atoms with E-state index in [-0.39, 0.29) is 5.84 Å². The standard InChI is InChI=1S/C18H20N4O4/c1-5-26-12-7-6-11(8-13(12)23-2)14-16(9-19)15(21)22-18(24-3,25-4)17(14,16)10-20/h6-8,14H,5H2,1-4H3,(H2,21,22)/t14-,16-,17-/m1/s1. The molecule has 0 bridgehead atoms. The number of hydrogen-bond acceptors (Lipinski definition) is 8. The van der Waals surface area contributed by atoms with Gasteiger partial charge in [-0.15, -0.1) is 0 Å². The van der Waals surface area contributed by atoms with Gasteiger partial charge in [0.2, 0.25) is 0 Å². The van der Waals surface area contributed by atoms with Crippen molar-refractivity contribution in [2.45, 2.75) is 18.8 Å². The molecule has 0 spiro atoms. The van der Waals surface area contributed by atoms with Crippen molar-refractivity contribution in [1.82, 2.24) is 0 Å². The Hall–Kier alpha value is -2.81. The second-order valence-corrected chi connectivity index (χ2v) is 6.10. The number of nitriles is 2. The Bertz CT molecular complexity index is 852. The van der Waals surface area contributed by atoms with E-state index in [4.69, 9.17) is 24.7 Å². The number of nitrogens with two attached hydrogens (primary N) is 1. The minimum absolute atomic E-state index is 0.0306. The Morgan fingerprint density at radius 1 is 1.15 bits per heavy atom. The Morgan fingerprint density at radius 3 is 2.35 bits per heavy atom. The smallest absolute Gasteiger partial charge is 0.292 e. The highest BCUT2D eigenvalue weighted by molar-refractivity contribution is 6.00. The van der Waals surface area contributed by atoms with Gasteiger partial charge in [-0.1, -0.05) is 6.07 Å². The van der Waals surface area contributed by atoms with E-state index in [1.807, 2.05) is 6.92 Å². The lowest BCUT2D eigenvalue weighted by Crippen LogP contribution is -2.41. The summed E-state index contributed by atoms with van der Waals surface area (Å²) < 4.78 is 21.8. The Balaban J connectivity index is 2.18. The fraction of sp³-hybridized carbons (Fsp3) is 0.500. The molecule has 1 fully saturated rings. The summed E-state index contributed by atoms with van der Waals surface area (Å²) in [7, 11) is 4.28. The normalized spacial score (nSPS) is 30.5. The number of hydrogen-bond donors (Lipinski definition) is 1. The Labute approximate surface area is 151 Å². The molecule has 3 rings (SSSR count). The number of amidine groups is 1. The molecule has 1 aromatic carbocycles. The highest BCUT2D eigenvalue weighted by Crippen LogP contribution is 2.81. The number of aliphatic imine (C=N–C) groups is 1. The van der Waals surface area contributed by atoms with E-state index in [1.54, 1.807) is 18.2 Å². The largest absolute Gasteiger partial charge is 0.493 e. The Kier molecular flexibility index (Phi) is 4.06. The molecule has 1 aliphatic heterocycles. The van der Waals surface area contributed by atoms with Gasteiger partial charge in [0.25, 0.3) is 5.91 Å². The lowest BCUT2D eigenvalue weighted by molar-refractivity contribution is -0.230. The van der Waals surface area contributed by atoms with E-state index in [1.165, 1.54) is 21.3 Å². The second kappa shape index (κ2) is 5.87. The molecule has 3 atom stereocenters. The van der Waals surface area contributed by atoms with Gasteiger partial charge in [-0.25, -0.2) is 4.99 Å². The summed E-state index contributed by atoms with van der Waals surface area (Å²) in [5.74, 6) is -1.10. The van der Waals surface area contributed by atoms with E-state index in [0.717, 1.165) is 0 Å². The van der Waals surface area contributed by atoms with Crippen molar-refractivity contribution in [1.29, 1.82) is 10.5 Å². The molecular formula is C18H20N4O4. The van der Waals surface area contributed by atoms with Crippen LogP contribution < -0.4 is 15.2 Å². The summed E-state index contributed by atoms with van der Waals surface area (Å²) in [5.41, 5.74) is 4.07. The first-order chi connectivity index (χ1) is 12.5.